The predicted molar refractivity (Wildman–Crippen MR) is 150 cm³/mol. The molecule has 0 saturated carbocycles. The van der Waals surface area contributed by atoms with Crippen LogP contribution in [0.1, 0.15) is 38.2 Å². The van der Waals surface area contributed by atoms with Gasteiger partial charge in [0.25, 0.3) is 15.9 Å². The molecule has 1 unspecified atom stereocenters. The molecule has 1 atom stereocenters. The van der Waals surface area contributed by atoms with Crippen LogP contribution in [-0.4, -0.2) is 71.7 Å². The summed E-state index contributed by atoms with van der Waals surface area (Å²) in [5.74, 6) is -3.85. The number of amidine groups is 1. The van der Waals surface area contributed by atoms with Gasteiger partial charge in [0.05, 0.1) is 16.4 Å². The number of aryl methyl sites for hydroxylation is 1. The lowest BCUT2D eigenvalue weighted by Gasteiger charge is -2.35. The second-order valence-corrected chi connectivity index (χ2v) is 12.0. The molecule has 4 rings (SSSR count). The molecule has 2 heterocycles. The average Bonchev–Trinajstić information content (AvgIpc) is 3.09. The second-order valence-electron chi connectivity index (χ2n) is 9.37. The first-order valence-corrected chi connectivity index (χ1v) is 14.7. The third-order valence-corrected chi connectivity index (χ3v) is 9.17. The molecule has 2 aromatic rings. The number of hydrogen-bond donors (Lipinski definition) is 1. The summed E-state index contributed by atoms with van der Waals surface area (Å²) in [5, 5.41) is 2.97. The summed E-state index contributed by atoms with van der Waals surface area (Å²) >= 11 is 12.4. The SMILES string of the molecule is CCCCCCN1C(C(C(=O)Nc2cc(C)c(Cl)cc2Cl)N2C(=O)C(=O)N(C)C2=O)=Nc2ccccc2S1(=O)=O. The number of imide groups is 2. The number of rotatable bonds is 9. The van der Waals surface area contributed by atoms with Crippen molar-refractivity contribution in [3.63, 3.8) is 0 Å². The van der Waals surface area contributed by atoms with Crippen LogP contribution in [0.4, 0.5) is 16.2 Å². The molecule has 1 N–H and O–H groups in total. The standard InChI is InChI=1S/C26H27Cl2N5O6S/c1-4-5-6-9-12-32-22(29-18-10-7-8-11-20(18)40(32,38)39)21(33-25(36)24(35)31(3)26(33)37)23(34)30-19-13-15(2)16(27)14-17(19)28/h7-8,10-11,13-14,21H,4-6,9,12H2,1-3H3,(H,30,34). The van der Waals surface area contributed by atoms with Crippen LogP contribution >= 0.6 is 23.2 Å². The average molecular weight is 609 g/mol. The van der Waals surface area contributed by atoms with Gasteiger partial charge in [-0.25, -0.2) is 23.1 Å². The Balaban J connectivity index is 1.88. The lowest BCUT2D eigenvalue weighted by Crippen LogP contribution is -2.58. The largest absolute Gasteiger partial charge is 0.335 e. The third-order valence-electron chi connectivity index (χ3n) is 6.60. The Morgan fingerprint density at radius 3 is 2.38 bits per heavy atom. The summed E-state index contributed by atoms with van der Waals surface area (Å²) in [4.78, 5) is 57.9. The molecule has 0 spiro atoms. The number of sulfonamides is 1. The van der Waals surface area contributed by atoms with Gasteiger partial charge in [0, 0.05) is 18.6 Å². The number of unbranched alkanes of at least 4 members (excludes halogenated alkanes) is 3. The van der Waals surface area contributed by atoms with E-state index in [1.165, 1.54) is 24.3 Å². The summed E-state index contributed by atoms with van der Waals surface area (Å²) in [7, 11) is -3.16. The zero-order chi connectivity index (χ0) is 29.4. The van der Waals surface area contributed by atoms with Crippen LogP contribution in [0, 0.1) is 6.92 Å². The Morgan fingerprint density at radius 1 is 1.02 bits per heavy atom. The number of fused-ring (bicyclic) bond motifs is 1. The summed E-state index contributed by atoms with van der Waals surface area (Å²) < 4.78 is 28.6. The Kier molecular flexibility index (Phi) is 8.52. The van der Waals surface area contributed by atoms with Crippen molar-refractivity contribution in [1.82, 2.24) is 14.1 Å². The summed E-state index contributed by atoms with van der Waals surface area (Å²) in [6, 6.07) is 5.82. The number of nitrogens with one attached hydrogen (secondary N) is 1. The Labute approximate surface area is 241 Å². The van der Waals surface area contributed by atoms with Gasteiger partial charge in [0.15, 0.2) is 11.9 Å². The van der Waals surface area contributed by atoms with Crippen LogP contribution in [0.5, 0.6) is 0 Å². The van der Waals surface area contributed by atoms with Crippen LogP contribution in [0.15, 0.2) is 46.3 Å². The molecule has 1 saturated heterocycles. The first kappa shape index (κ1) is 29.5. The van der Waals surface area contributed by atoms with E-state index in [4.69, 9.17) is 23.2 Å². The molecule has 0 radical (unpaired) electrons. The van der Waals surface area contributed by atoms with E-state index in [-0.39, 0.29) is 33.7 Å². The second kappa shape index (κ2) is 11.6. The van der Waals surface area contributed by atoms with Gasteiger partial charge in [0.1, 0.15) is 4.90 Å². The van der Waals surface area contributed by atoms with E-state index in [2.05, 4.69) is 10.3 Å². The molecule has 5 amide bonds. The molecule has 0 bridgehead atoms. The lowest BCUT2D eigenvalue weighted by atomic mass is 10.1. The number of carbonyl (C=O) groups is 4. The first-order valence-electron chi connectivity index (χ1n) is 12.5. The van der Waals surface area contributed by atoms with E-state index in [0.717, 1.165) is 24.2 Å². The van der Waals surface area contributed by atoms with Crippen LogP contribution < -0.4 is 5.32 Å². The van der Waals surface area contributed by atoms with E-state index in [1.54, 1.807) is 19.1 Å². The molecule has 2 aliphatic heterocycles. The zero-order valence-electron chi connectivity index (χ0n) is 22.0. The monoisotopic (exact) mass is 607 g/mol. The maximum Gasteiger partial charge on any atom is 0.335 e. The van der Waals surface area contributed by atoms with Gasteiger partial charge in [-0.1, -0.05) is 61.5 Å². The number of carbonyl (C=O) groups excluding carboxylic acids is 4. The summed E-state index contributed by atoms with van der Waals surface area (Å²) in [6.07, 6.45) is 2.86. The zero-order valence-corrected chi connectivity index (χ0v) is 24.3. The van der Waals surface area contributed by atoms with Crippen LogP contribution in [0.25, 0.3) is 0 Å². The van der Waals surface area contributed by atoms with Gasteiger partial charge >= 0.3 is 17.8 Å². The smallest absolute Gasteiger partial charge is 0.323 e. The minimum Gasteiger partial charge on any atom is -0.323 e. The highest BCUT2D eigenvalue weighted by atomic mass is 35.5. The number of urea groups is 1. The van der Waals surface area contributed by atoms with E-state index in [9.17, 15) is 27.6 Å². The molecule has 0 aliphatic carbocycles. The molecule has 14 heteroatoms. The van der Waals surface area contributed by atoms with Gasteiger partial charge < -0.3 is 5.32 Å². The van der Waals surface area contributed by atoms with E-state index in [0.29, 0.717) is 33.2 Å². The van der Waals surface area contributed by atoms with Crippen LogP contribution in [0.2, 0.25) is 10.0 Å². The number of benzene rings is 2. The van der Waals surface area contributed by atoms with E-state index >= 15 is 0 Å². The number of anilines is 1. The summed E-state index contributed by atoms with van der Waals surface area (Å²) in [5.41, 5.74) is 0.705. The van der Waals surface area contributed by atoms with Gasteiger partial charge in [-0.05, 0) is 43.2 Å². The fraction of sp³-hybridized carbons (Fsp3) is 0.346. The molecule has 2 aromatic carbocycles. The molecule has 1 fully saturated rings. The number of aliphatic imine (C=N–C) groups is 1. The molecule has 40 heavy (non-hydrogen) atoms. The Morgan fingerprint density at radius 2 is 1.73 bits per heavy atom. The highest BCUT2D eigenvalue weighted by Gasteiger charge is 2.53. The fourth-order valence-electron chi connectivity index (χ4n) is 4.42. The molecular weight excluding hydrogens is 581 g/mol. The van der Waals surface area contributed by atoms with Gasteiger partial charge in [0.2, 0.25) is 0 Å². The van der Waals surface area contributed by atoms with Crippen molar-refractivity contribution in [2.75, 3.05) is 18.9 Å². The maximum atomic E-state index is 13.9. The molecule has 2 aliphatic rings. The normalized spacial score (nSPS) is 17.2. The van der Waals surface area contributed by atoms with Crippen molar-refractivity contribution in [2.24, 2.45) is 4.99 Å². The van der Waals surface area contributed by atoms with Crippen molar-refractivity contribution in [2.45, 2.75) is 50.5 Å². The van der Waals surface area contributed by atoms with Crippen molar-refractivity contribution in [3.8, 4) is 0 Å². The molecule has 0 aromatic heterocycles. The van der Waals surface area contributed by atoms with Crippen molar-refractivity contribution in [1.29, 1.82) is 0 Å². The highest BCUT2D eigenvalue weighted by Crippen LogP contribution is 2.35. The quantitative estimate of drug-likeness (QED) is 0.256. The molecule has 11 nitrogen and oxygen atoms in total. The van der Waals surface area contributed by atoms with Gasteiger partial charge in [-0.15, -0.1) is 0 Å². The van der Waals surface area contributed by atoms with E-state index in [1.807, 2.05) is 6.92 Å². The number of nitrogens with zero attached hydrogens (tertiary/aromatic N) is 4. The number of halogens is 2. The van der Waals surface area contributed by atoms with Crippen LogP contribution in [-0.2, 0) is 24.4 Å². The number of likely N-dealkylation sites (N-methyl/N-ethyl adjacent to an activating group) is 1. The number of amides is 5. The van der Waals surface area contributed by atoms with Crippen LogP contribution in [0.3, 0.4) is 0 Å². The van der Waals surface area contributed by atoms with Crippen molar-refractivity contribution >= 4 is 74.2 Å². The third kappa shape index (κ3) is 5.30. The topological polar surface area (TPSA) is 137 Å². The minimum absolute atomic E-state index is 0.0271. The predicted octanol–water partition coefficient (Wildman–Crippen LogP) is 4.34. The Bertz CT molecular complexity index is 1540. The lowest BCUT2D eigenvalue weighted by molar-refractivity contribution is -0.144. The van der Waals surface area contributed by atoms with Gasteiger partial charge in [-0.3, -0.25) is 23.6 Å². The highest BCUT2D eigenvalue weighted by molar-refractivity contribution is 7.90. The van der Waals surface area contributed by atoms with Crippen molar-refractivity contribution < 1.29 is 27.6 Å². The molecular formula is C26H27Cl2N5O6S. The maximum absolute atomic E-state index is 13.9. The minimum atomic E-state index is -4.25. The first-order chi connectivity index (χ1) is 18.9. The fourth-order valence-corrected chi connectivity index (χ4v) is 6.47. The van der Waals surface area contributed by atoms with Gasteiger partial charge in [-0.2, -0.15) is 0 Å². The molecule has 212 valence electrons. The van der Waals surface area contributed by atoms with E-state index < -0.39 is 39.8 Å². The Hall–Kier alpha value is -3.48. The number of hydrogen-bond acceptors (Lipinski definition) is 7. The number of para-hydroxylation sites is 1. The van der Waals surface area contributed by atoms with Crippen molar-refractivity contribution in [3.05, 3.63) is 52.0 Å². The summed E-state index contributed by atoms with van der Waals surface area (Å²) in [6.45, 7) is 3.61.